The summed E-state index contributed by atoms with van der Waals surface area (Å²) in [7, 11) is 0. The molecule has 0 radical (unpaired) electrons. The molecule has 1 aliphatic carbocycles. The molecule has 0 bridgehead atoms. The topological polar surface area (TPSA) is 87.3 Å². The van der Waals surface area contributed by atoms with Crippen LogP contribution in [-0.2, 0) is 4.74 Å². The van der Waals surface area contributed by atoms with Crippen molar-refractivity contribution in [1.82, 2.24) is 0 Å². The van der Waals surface area contributed by atoms with Crippen molar-refractivity contribution < 1.29 is 4.74 Å². The molecule has 0 aliphatic heterocycles. The molecule has 15 heavy (non-hydrogen) atoms. The van der Waals surface area contributed by atoms with Crippen LogP contribution in [0.1, 0.15) is 33.1 Å². The molecule has 4 heteroatoms. The molecule has 4 nitrogen and oxygen atoms in total. The minimum absolute atomic E-state index is 0.00579. The van der Waals surface area contributed by atoms with E-state index in [0.29, 0.717) is 11.8 Å². The fourth-order valence-corrected chi connectivity index (χ4v) is 2.28. The predicted octanol–water partition coefficient (Wildman–Crippen LogP) is 0.871. The smallest absolute Gasteiger partial charge is 0.227 e. The van der Waals surface area contributed by atoms with E-state index in [-0.39, 0.29) is 6.10 Å². The lowest BCUT2D eigenvalue weighted by atomic mass is 9.77. The molecular weight excluding hydrogens is 190 g/mol. The lowest BCUT2D eigenvalue weighted by molar-refractivity contribution is -0.118. The third kappa shape index (κ3) is 3.91. The van der Waals surface area contributed by atoms with Gasteiger partial charge in [-0.2, -0.15) is 0 Å². The Morgan fingerprint density at radius 3 is 2.40 bits per heavy atom. The van der Waals surface area contributed by atoms with Crippen molar-refractivity contribution in [2.45, 2.75) is 45.2 Å². The Bertz CT molecular complexity index is 234. The minimum atomic E-state index is -1.53. The molecule has 0 amide bonds. The van der Waals surface area contributed by atoms with Crippen molar-refractivity contribution in [3.8, 4) is 0 Å². The molecule has 6 N–H and O–H groups in total. The molecule has 3 atom stereocenters. The van der Waals surface area contributed by atoms with E-state index in [9.17, 15) is 0 Å². The summed E-state index contributed by atoms with van der Waals surface area (Å²) in [6, 6.07) is 0. The monoisotopic (exact) mass is 213 g/mol. The van der Waals surface area contributed by atoms with Gasteiger partial charge >= 0.3 is 0 Å². The molecule has 1 rings (SSSR count). The SMILES string of the molecule is C=C(C)C1CCC(C)CC1OC(N)(N)N. The zero-order chi connectivity index (χ0) is 11.6. The molecule has 3 unspecified atom stereocenters. The van der Waals surface area contributed by atoms with Crippen LogP contribution in [0.3, 0.4) is 0 Å². The fourth-order valence-electron chi connectivity index (χ4n) is 2.28. The quantitative estimate of drug-likeness (QED) is 0.479. The molecule has 1 aliphatic rings. The average molecular weight is 213 g/mol. The van der Waals surface area contributed by atoms with Crippen LogP contribution >= 0.6 is 0 Å². The molecule has 0 aromatic rings. The largest absolute Gasteiger partial charge is 0.331 e. The summed E-state index contributed by atoms with van der Waals surface area (Å²) >= 11 is 0. The molecular formula is C11H23N3O. The zero-order valence-corrected chi connectivity index (χ0v) is 9.70. The summed E-state index contributed by atoms with van der Waals surface area (Å²) in [6.45, 7) is 8.20. The Morgan fingerprint density at radius 1 is 1.33 bits per heavy atom. The van der Waals surface area contributed by atoms with Crippen molar-refractivity contribution in [3.05, 3.63) is 12.2 Å². The molecule has 0 spiro atoms. The molecule has 0 heterocycles. The number of nitrogens with two attached hydrogens (primary N) is 3. The Balaban J connectivity index is 2.66. The zero-order valence-electron chi connectivity index (χ0n) is 9.70. The fraction of sp³-hybridized carbons (Fsp3) is 0.818. The van der Waals surface area contributed by atoms with Crippen molar-refractivity contribution in [2.75, 3.05) is 0 Å². The third-order valence-corrected chi connectivity index (χ3v) is 3.04. The number of hydrogen-bond acceptors (Lipinski definition) is 4. The Hall–Kier alpha value is -0.420. The van der Waals surface area contributed by atoms with Crippen LogP contribution in [-0.4, -0.2) is 12.1 Å². The van der Waals surface area contributed by atoms with Crippen molar-refractivity contribution in [3.63, 3.8) is 0 Å². The van der Waals surface area contributed by atoms with Crippen LogP contribution in [0.4, 0.5) is 0 Å². The second-order valence-corrected chi connectivity index (χ2v) is 4.88. The van der Waals surface area contributed by atoms with Crippen LogP contribution in [0.25, 0.3) is 0 Å². The van der Waals surface area contributed by atoms with E-state index in [2.05, 4.69) is 13.5 Å². The first-order chi connectivity index (χ1) is 6.79. The summed E-state index contributed by atoms with van der Waals surface area (Å²) < 4.78 is 5.50. The third-order valence-electron chi connectivity index (χ3n) is 3.04. The summed E-state index contributed by atoms with van der Waals surface area (Å²) in [5.74, 6) is -0.570. The highest BCUT2D eigenvalue weighted by Crippen LogP contribution is 2.34. The number of rotatable bonds is 3. The molecule has 1 saturated carbocycles. The lowest BCUT2D eigenvalue weighted by Crippen LogP contribution is -2.62. The van der Waals surface area contributed by atoms with Gasteiger partial charge in [0, 0.05) is 5.92 Å². The maximum absolute atomic E-state index is 5.50. The van der Waals surface area contributed by atoms with Crippen LogP contribution in [0, 0.1) is 11.8 Å². The highest BCUT2D eigenvalue weighted by atomic mass is 16.5. The van der Waals surface area contributed by atoms with Crippen molar-refractivity contribution in [1.29, 1.82) is 0 Å². The summed E-state index contributed by atoms with van der Waals surface area (Å²) in [4.78, 5) is 0. The molecule has 88 valence electrons. The molecule has 0 aromatic heterocycles. The summed E-state index contributed by atoms with van der Waals surface area (Å²) in [5.41, 5.74) is 17.6. The normalized spacial score (nSPS) is 32.7. The van der Waals surface area contributed by atoms with Gasteiger partial charge in [0.15, 0.2) is 0 Å². The Morgan fingerprint density at radius 2 is 1.93 bits per heavy atom. The molecule has 0 saturated heterocycles. The first kappa shape index (κ1) is 12.6. The Labute approximate surface area is 91.8 Å². The molecule has 1 fully saturated rings. The van der Waals surface area contributed by atoms with Gasteiger partial charge in [-0.1, -0.05) is 19.1 Å². The minimum Gasteiger partial charge on any atom is -0.331 e. The van der Waals surface area contributed by atoms with Gasteiger partial charge in [0.1, 0.15) is 0 Å². The lowest BCUT2D eigenvalue weighted by Gasteiger charge is -2.38. The van der Waals surface area contributed by atoms with Crippen molar-refractivity contribution >= 4 is 0 Å². The second kappa shape index (κ2) is 4.61. The highest BCUT2D eigenvalue weighted by molar-refractivity contribution is 5.02. The van der Waals surface area contributed by atoms with E-state index in [1.54, 1.807) is 0 Å². The van der Waals surface area contributed by atoms with Gasteiger partial charge in [-0.15, -0.1) is 0 Å². The van der Waals surface area contributed by atoms with Gasteiger partial charge in [0.2, 0.25) is 5.97 Å². The average Bonchev–Trinajstić information content (AvgIpc) is 1.99. The Kier molecular flexibility index (Phi) is 3.89. The van der Waals surface area contributed by atoms with E-state index in [0.717, 1.165) is 18.4 Å². The first-order valence-electron chi connectivity index (χ1n) is 5.49. The number of ether oxygens (including phenoxy) is 1. The summed E-state index contributed by atoms with van der Waals surface area (Å²) in [6.07, 6.45) is 3.23. The van der Waals surface area contributed by atoms with Crippen LogP contribution in [0.5, 0.6) is 0 Å². The van der Waals surface area contributed by atoms with Crippen LogP contribution in [0.15, 0.2) is 12.2 Å². The van der Waals surface area contributed by atoms with E-state index >= 15 is 0 Å². The van der Waals surface area contributed by atoms with E-state index in [1.165, 1.54) is 6.42 Å². The standard InChI is InChI=1S/C11H23N3O/c1-7(2)9-5-4-8(3)6-10(9)15-11(12,13)14/h8-10H,1,4-6,12-14H2,2-3H3. The van der Waals surface area contributed by atoms with Gasteiger partial charge < -0.3 is 4.74 Å². The first-order valence-corrected chi connectivity index (χ1v) is 5.49. The van der Waals surface area contributed by atoms with E-state index < -0.39 is 5.97 Å². The second-order valence-electron chi connectivity index (χ2n) is 4.88. The molecule has 0 aromatic carbocycles. The maximum Gasteiger partial charge on any atom is 0.227 e. The van der Waals surface area contributed by atoms with E-state index in [4.69, 9.17) is 21.9 Å². The van der Waals surface area contributed by atoms with Gasteiger partial charge in [0.05, 0.1) is 6.10 Å². The number of hydrogen-bond donors (Lipinski definition) is 3. The predicted molar refractivity (Wildman–Crippen MR) is 61.5 cm³/mol. The maximum atomic E-state index is 5.50. The highest BCUT2D eigenvalue weighted by Gasteiger charge is 2.33. The van der Waals surface area contributed by atoms with Gasteiger partial charge in [-0.3, -0.25) is 17.2 Å². The van der Waals surface area contributed by atoms with Gasteiger partial charge in [-0.05, 0) is 32.1 Å². The van der Waals surface area contributed by atoms with Crippen molar-refractivity contribution in [2.24, 2.45) is 29.0 Å². The van der Waals surface area contributed by atoms with Crippen LogP contribution in [0.2, 0.25) is 0 Å². The van der Waals surface area contributed by atoms with E-state index in [1.807, 2.05) is 6.92 Å². The summed E-state index contributed by atoms with van der Waals surface area (Å²) in [5, 5.41) is 0. The van der Waals surface area contributed by atoms with Crippen LogP contribution < -0.4 is 17.2 Å². The van der Waals surface area contributed by atoms with Gasteiger partial charge in [-0.25, -0.2) is 0 Å². The van der Waals surface area contributed by atoms with Gasteiger partial charge in [0.25, 0.3) is 0 Å².